The zero-order valence-electron chi connectivity index (χ0n) is 18.6. The van der Waals surface area contributed by atoms with Crippen LogP contribution in [0.25, 0.3) is 0 Å². The minimum Gasteiger partial charge on any atom is -0.508 e. The summed E-state index contributed by atoms with van der Waals surface area (Å²) in [7, 11) is 1.57. The lowest BCUT2D eigenvalue weighted by Crippen LogP contribution is -2.44. The van der Waals surface area contributed by atoms with E-state index < -0.39 is 11.9 Å². The smallest absolute Gasteiger partial charge is 0.328 e. The Kier molecular flexibility index (Phi) is 11.8. The second kappa shape index (κ2) is 14.1. The van der Waals surface area contributed by atoms with Gasteiger partial charge >= 0.3 is 6.03 Å². The van der Waals surface area contributed by atoms with Crippen molar-refractivity contribution in [1.82, 2.24) is 10.2 Å². The SMILES string of the molecule is C=O.CC.COc1ccc(Cl)cc1CC1CNCCN(C(=O)Nc2ccc(O)cc2)C1=O. The zero-order chi connectivity index (χ0) is 24.1. The number of hydrogen-bond donors (Lipinski definition) is 3. The Labute approximate surface area is 193 Å². The number of rotatable bonds is 4. The van der Waals surface area contributed by atoms with Crippen LogP contribution in [0.3, 0.4) is 0 Å². The van der Waals surface area contributed by atoms with Gasteiger partial charge in [0.2, 0.25) is 5.91 Å². The van der Waals surface area contributed by atoms with E-state index in [4.69, 9.17) is 21.1 Å². The molecule has 3 N–H and O–H groups in total. The molecule has 3 rings (SSSR count). The largest absolute Gasteiger partial charge is 0.508 e. The van der Waals surface area contributed by atoms with Crippen molar-refractivity contribution in [2.75, 3.05) is 32.1 Å². The number of halogens is 1. The number of imide groups is 1. The van der Waals surface area contributed by atoms with Crippen LogP contribution in [0, 0.1) is 5.92 Å². The summed E-state index contributed by atoms with van der Waals surface area (Å²) in [5.74, 6) is 0.0638. The number of aromatic hydroxyl groups is 1. The number of hydrogen-bond acceptors (Lipinski definition) is 6. The van der Waals surface area contributed by atoms with Gasteiger partial charge in [-0.15, -0.1) is 0 Å². The summed E-state index contributed by atoms with van der Waals surface area (Å²) in [6.07, 6.45) is 0.401. The van der Waals surface area contributed by atoms with Gasteiger partial charge < -0.3 is 25.3 Å². The maximum absolute atomic E-state index is 13.0. The molecule has 2 aromatic carbocycles. The summed E-state index contributed by atoms with van der Waals surface area (Å²) >= 11 is 6.09. The number of amides is 3. The van der Waals surface area contributed by atoms with E-state index in [1.165, 1.54) is 17.0 Å². The number of phenols is 1. The predicted octanol–water partition coefficient (Wildman–Crippen LogP) is 3.72. The van der Waals surface area contributed by atoms with E-state index in [0.717, 1.165) is 5.56 Å². The highest BCUT2D eigenvalue weighted by Crippen LogP contribution is 2.26. The third-order valence-corrected chi connectivity index (χ3v) is 4.83. The van der Waals surface area contributed by atoms with Gasteiger partial charge in [-0.3, -0.25) is 9.69 Å². The lowest BCUT2D eigenvalue weighted by Gasteiger charge is -2.23. The van der Waals surface area contributed by atoms with Gasteiger partial charge in [0, 0.05) is 30.3 Å². The van der Waals surface area contributed by atoms with E-state index in [2.05, 4.69) is 10.6 Å². The Bertz CT molecular complexity index is 876. The van der Waals surface area contributed by atoms with Gasteiger partial charge in [0.15, 0.2) is 0 Å². The van der Waals surface area contributed by atoms with Gasteiger partial charge in [0.05, 0.1) is 13.0 Å². The predicted molar refractivity (Wildman–Crippen MR) is 125 cm³/mol. The highest BCUT2D eigenvalue weighted by molar-refractivity contribution is 6.30. The Hall–Kier alpha value is -3.10. The normalized spacial score (nSPS) is 15.3. The molecule has 0 aliphatic carbocycles. The molecule has 2 aromatic rings. The molecule has 1 fully saturated rings. The van der Waals surface area contributed by atoms with Gasteiger partial charge in [-0.25, -0.2) is 4.79 Å². The minimum absolute atomic E-state index is 0.101. The van der Waals surface area contributed by atoms with Crippen molar-refractivity contribution in [1.29, 1.82) is 0 Å². The van der Waals surface area contributed by atoms with Gasteiger partial charge in [0.1, 0.15) is 18.3 Å². The van der Waals surface area contributed by atoms with Crippen LogP contribution in [0.1, 0.15) is 19.4 Å². The number of benzene rings is 2. The van der Waals surface area contributed by atoms with Crippen molar-refractivity contribution in [3.8, 4) is 11.5 Å². The zero-order valence-corrected chi connectivity index (χ0v) is 19.3. The molecule has 1 saturated heterocycles. The number of ether oxygens (including phenoxy) is 1. The van der Waals surface area contributed by atoms with E-state index in [0.29, 0.717) is 36.0 Å². The Balaban J connectivity index is 0.00000121. The van der Waals surface area contributed by atoms with Gasteiger partial charge in [0.25, 0.3) is 0 Å². The third-order valence-electron chi connectivity index (χ3n) is 4.59. The van der Waals surface area contributed by atoms with Crippen LogP contribution >= 0.6 is 11.6 Å². The Morgan fingerprint density at radius 3 is 2.53 bits per heavy atom. The highest BCUT2D eigenvalue weighted by atomic mass is 35.5. The summed E-state index contributed by atoms with van der Waals surface area (Å²) < 4.78 is 5.37. The van der Waals surface area contributed by atoms with Crippen LogP contribution in [0.15, 0.2) is 42.5 Å². The first-order chi connectivity index (χ1) is 15.5. The number of urea groups is 1. The Morgan fingerprint density at radius 2 is 1.91 bits per heavy atom. The molecule has 174 valence electrons. The number of carbonyl (C=O) groups is 3. The molecule has 1 atom stereocenters. The molecule has 0 saturated carbocycles. The molecule has 1 aliphatic rings. The first-order valence-electron chi connectivity index (χ1n) is 10.2. The number of nitrogens with one attached hydrogen (secondary N) is 2. The fraction of sp³-hybridized carbons (Fsp3) is 0.348. The minimum atomic E-state index is -0.498. The van der Waals surface area contributed by atoms with E-state index in [-0.39, 0.29) is 18.2 Å². The fourth-order valence-electron chi connectivity index (χ4n) is 3.15. The average Bonchev–Trinajstić information content (AvgIpc) is 3.00. The van der Waals surface area contributed by atoms with E-state index >= 15 is 0 Å². The number of phenolic OH excluding ortho intramolecular Hbond substituents is 1. The summed E-state index contributed by atoms with van der Waals surface area (Å²) in [5, 5.41) is 15.8. The van der Waals surface area contributed by atoms with E-state index in [1.807, 2.05) is 20.6 Å². The van der Waals surface area contributed by atoms with E-state index in [1.54, 1.807) is 37.4 Å². The molecular weight excluding hydrogens is 434 g/mol. The molecule has 1 heterocycles. The van der Waals surface area contributed by atoms with Crippen molar-refractivity contribution in [3.63, 3.8) is 0 Å². The summed E-state index contributed by atoms with van der Waals surface area (Å²) in [6.45, 7) is 7.24. The Morgan fingerprint density at radius 1 is 1.25 bits per heavy atom. The van der Waals surface area contributed by atoms with Gasteiger partial charge in [-0.1, -0.05) is 25.4 Å². The van der Waals surface area contributed by atoms with Crippen molar-refractivity contribution in [2.24, 2.45) is 5.92 Å². The first kappa shape index (κ1) is 26.9. The molecular formula is C23H30ClN3O5. The third kappa shape index (κ3) is 7.55. The molecule has 1 aliphatic heterocycles. The summed E-state index contributed by atoms with van der Waals surface area (Å²) in [6, 6.07) is 10.9. The molecule has 3 amide bonds. The van der Waals surface area contributed by atoms with Crippen molar-refractivity contribution >= 4 is 36.0 Å². The highest BCUT2D eigenvalue weighted by Gasteiger charge is 2.31. The van der Waals surface area contributed by atoms with Crippen LogP contribution < -0.4 is 15.4 Å². The quantitative estimate of drug-likeness (QED) is 0.596. The summed E-state index contributed by atoms with van der Waals surface area (Å²) in [5.41, 5.74) is 1.32. The maximum Gasteiger partial charge on any atom is 0.328 e. The number of anilines is 1. The number of methoxy groups -OCH3 is 1. The van der Waals surface area contributed by atoms with Gasteiger partial charge in [-0.2, -0.15) is 0 Å². The lowest BCUT2D eigenvalue weighted by molar-refractivity contribution is -0.131. The second-order valence-corrected chi connectivity index (χ2v) is 6.96. The van der Waals surface area contributed by atoms with Crippen molar-refractivity contribution in [2.45, 2.75) is 20.3 Å². The molecule has 0 spiro atoms. The standard InChI is InChI=1S/C20H22ClN3O4.C2H6.CH2O/c1-28-18-7-2-15(21)11-13(18)10-14-12-22-8-9-24(19(14)26)20(27)23-16-3-5-17(25)6-4-16;2*1-2/h2-7,11,14,22,25H,8-10,12H2,1H3,(H,23,27);1-2H3;1H2. The van der Waals surface area contributed by atoms with Crippen LogP contribution in [-0.4, -0.2) is 55.5 Å². The van der Waals surface area contributed by atoms with Crippen molar-refractivity contribution < 1.29 is 24.2 Å². The molecule has 0 aromatic heterocycles. The van der Waals surface area contributed by atoms with Crippen molar-refractivity contribution in [3.05, 3.63) is 53.1 Å². The second-order valence-electron chi connectivity index (χ2n) is 6.53. The van der Waals surface area contributed by atoms with Crippen LogP contribution in [-0.2, 0) is 16.0 Å². The molecule has 8 nitrogen and oxygen atoms in total. The van der Waals surface area contributed by atoms with E-state index in [9.17, 15) is 14.7 Å². The maximum atomic E-state index is 13.0. The van der Waals surface area contributed by atoms with Gasteiger partial charge in [-0.05, 0) is 54.4 Å². The van der Waals surface area contributed by atoms with Crippen LogP contribution in [0.2, 0.25) is 5.02 Å². The molecule has 0 bridgehead atoms. The molecule has 0 radical (unpaired) electrons. The average molecular weight is 464 g/mol. The lowest BCUT2D eigenvalue weighted by atomic mass is 9.97. The first-order valence-corrected chi connectivity index (χ1v) is 10.6. The molecule has 32 heavy (non-hydrogen) atoms. The fourth-order valence-corrected chi connectivity index (χ4v) is 3.35. The topological polar surface area (TPSA) is 108 Å². The number of nitrogens with zero attached hydrogens (tertiary/aromatic N) is 1. The van der Waals surface area contributed by atoms with Crippen LogP contribution in [0.4, 0.5) is 10.5 Å². The monoisotopic (exact) mass is 463 g/mol. The number of carbonyl (C=O) groups excluding carboxylic acids is 3. The summed E-state index contributed by atoms with van der Waals surface area (Å²) in [4.78, 5) is 34.9. The van der Waals surface area contributed by atoms with Crippen LogP contribution in [0.5, 0.6) is 11.5 Å². The molecule has 1 unspecified atom stereocenters. The molecule has 9 heteroatoms.